The molecule has 0 spiro atoms. The van der Waals surface area contributed by atoms with E-state index in [1.54, 1.807) is 0 Å². The van der Waals surface area contributed by atoms with Crippen LogP contribution in [-0.4, -0.2) is 12.1 Å². The first-order valence-electron chi connectivity index (χ1n) is 7.88. The SMILES string of the molecule is CCC(C)CC(CC)NC(C)c1ccc(NC(N)=O)cc1. The van der Waals surface area contributed by atoms with E-state index in [1.807, 2.05) is 24.3 Å². The van der Waals surface area contributed by atoms with E-state index in [4.69, 9.17) is 5.73 Å². The van der Waals surface area contributed by atoms with Gasteiger partial charge in [0.1, 0.15) is 0 Å². The van der Waals surface area contributed by atoms with Gasteiger partial charge in [-0.15, -0.1) is 0 Å². The van der Waals surface area contributed by atoms with Gasteiger partial charge in [-0.2, -0.15) is 0 Å². The fraction of sp³-hybridized carbons (Fsp3) is 0.588. The second kappa shape index (κ2) is 8.67. The largest absolute Gasteiger partial charge is 0.351 e. The van der Waals surface area contributed by atoms with Crippen LogP contribution >= 0.6 is 0 Å². The Morgan fingerprint density at radius 2 is 1.76 bits per heavy atom. The van der Waals surface area contributed by atoms with Gasteiger partial charge >= 0.3 is 6.03 Å². The zero-order valence-corrected chi connectivity index (χ0v) is 13.6. The van der Waals surface area contributed by atoms with Crippen LogP contribution in [0.1, 0.15) is 58.6 Å². The minimum atomic E-state index is -0.534. The highest BCUT2D eigenvalue weighted by atomic mass is 16.2. The lowest BCUT2D eigenvalue weighted by Crippen LogP contribution is -2.32. The van der Waals surface area contributed by atoms with Crippen LogP contribution in [0.25, 0.3) is 0 Å². The lowest BCUT2D eigenvalue weighted by Gasteiger charge is -2.25. The standard InChI is InChI=1S/C17H29N3O/c1-5-12(3)11-15(6-2)19-13(4)14-7-9-16(10-8-14)20-17(18)21/h7-10,12-13,15,19H,5-6,11H2,1-4H3,(H3,18,20,21). The van der Waals surface area contributed by atoms with Gasteiger partial charge in [0.15, 0.2) is 0 Å². The summed E-state index contributed by atoms with van der Waals surface area (Å²) >= 11 is 0. The van der Waals surface area contributed by atoms with Crippen molar-refractivity contribution in [3.05, 3.63) is 29.8 Å². The number of amides is 2. The molecule has 0 aliphatic rings. The number of rotatable bonds is 8. The van der Waals surface area contributed by atoms with Crippen LogP contribution in [0.3, 0.4) is 0 Å². The first-order chi connectivity index (χ1) is 9.96. The molecule has 0 saturated heterocycles. The molecule has 118 valence electrons. The minimum Gasteiger partial charge on any atom is -0.351 e. The normalized spacial score (nSPS) is 15.2. The summed E-state index contributed by atoms with van der Waals surface area (Å²) in [7, 11) is 0. The zero-order chi connectivity index (χ0) is 15.8. The van der Waals surface area contributed by atoms with Gasteiger partial charge in [-0.1, -0.05) is 39.3 Å². The Morgan fingerprint density at radius 3 is 2.24 bits per heavy atom. The van der Waals surface area contributed by atoms with Crippen molar-refractivity contribution in [3.63, 3.8) is 0 Å². The van der Waals surface area contributed by atoms with E-state index in [0.29, 0.717) is 12.1 Å². The van der Waals surface area contributed by atoms with Crippen LogP contribution in [0.4, 0.5) is 10.5 Å². The lowest BCUT2D eigenvalue weighted by molar-refractivity contribution is 0.259. The fourth-order valence-corrected chi connectivity index (χ4v) is 2.45. The van der Waals surface area contributed by atoms with Crippen LogP contribution in [0, 0.1) is 5.92 Å². The smallest absolute Gasteiger partial charge is 0.316 e. The van der Waals surface area contributed by atoms with E-state index in [0.717, 1.165) is 18.0 Å². The minimum absolute atomic E-state index is 0.293. The number of urea groups is 1. The van der Waals surface area contributed by atoms with E-state index >= 15 is 0 Å². The molecular formula is C17H29N3O. The highest BCUT2D eigenvalue weighted by Crippen LogP contribution is 2.19. The van der Waals surface area contributed by atoms with Crippen molar-refractivity contribution in [1.82, 2.24) is 5.32 Å². The molecule has 3 unspecified atom stereocenters. The quantitative estimate of drug-likeness (QED) is 0.676. The lowest BCUT2D eigenvalue weighted by atomic mass is 9.96. The number of carbonyl (C=O) groups excluding carboxylic acids is 1. The molecule has 0 heterocycles. The molecule has 2 amide bonds. The summed E-state index contributed by atoms with van der Waals surface area (Å²) in [6.07, 6.45) is 3.56. The second-order valence-corrected chi connectivity index (χ2v) is 5.85. The monoisotopic (exact) mass is 291 g/mol. The van der Waals surface area contributed by atoms with Crippen molar-refractivity contribution < 1.29 is 4.79 Å². The predicted molar refractivity (Wildman–Crippen MR) is 89.3 cm³/mol. The molecule has 0 saturated carbocycles. The topological polar surface area (TPSA) is 67.2 Å². The second-order valence-electron chi connectivity index (χ2n) is 5.85. The maximum Gasteiger partial charge on any atom is 0.316 e. The molecule has 1 aromatic rings. The van der Waals surface area contributed by atoms with Crippen LogP contribution in [-0.2, 0) is 0 Å². The van der Waals surface area contributed by atoms with E-state index < -0.39 is 6.03 Å². The van der Waals surface area contributed by atoms with Gasteiger partial charge in [0.05, 0.1) is 0 Å². The highest BCUT2D eigenvalue weighted by molar-refractivity contribution is 5.87. The Balaban J connectivity index is 2.61. The highest BCUT2D eigenvalue weighted by Gasteiger charge is 2.14. The van der Waals surface area contributed by atoms with Gasteiger partial charge in [-0.05, 0) is 43.4 Å². The van der Waals surface area contributed by atoms with Gasteiger partial charge in [0, 0.05) is 17.8 Å². The molecule has 0 aliphatic carbocycles. The molecule has 0 bridgehead atoms. The van der Waals surface area contributed by atoms with Crippen LogP contribution in [0.15, 0.2) is 24.3 Å². The van der Waals surface area contributed by atoms with Crippen LogP contribution < -0.4 is 16.4 Å². The summed E-state index contributed by atoms with van der Waals surface area (Å²) in [6.45, 7) is 8.95. The number of hydrogen-bond acceptors (Lipinski definition) is 2. The maximum absolute atomic E-state index is 10.8. The molecule has 4 nitrogen and oxygen atoms in total. The Kier molecular flexibility index (Phi) is 7.23. The number of nitrogens with two attached hydrogens (primary N) is 1. The molecular weight excluding hydrogens is 262 g/mol. The number of benzene rings is 1. The third-order valence-corrected chi connectivity index (χ3v) is 4.04. The van der Waals surface area contributed by atoms with Crippen molar-refractivity contribution in [2.24, 2.45) is 11.7 Å². The summed E-state index contributed by atoms with van der Waals surface area (Å²) in [4.78, 5) is 10.8. The summed E-state index contributed by atoms with van der Waals surface area (Å²) in [6, 6.07) is 8.12. The van der Waals surface area contributed by atoms with Gasteiger partial charge < -0.3 is 16.4 Å². The average molecular weight is 291 g/mol. The van der Waals surface area contributed by atoms with Crippen molar-refractivity contribution in [2.45, 2.75) is 59.0 Å². The zero-order valence-electron chi connectivity index (χ0n) is 13.6. The van der Waals surface area contributed by atoms with E-state index in [-0.39, 0.29) is 0 Å². The number of carbonyl (C=O) groups is 1. The molecule has 1 aromatic carbocycles. The van der Waals surface area contributed by atoms with E-state index in [1.165, 1.54) is 18.4 Å². The van der Waals surface area contributed by atoms with Crippen molar-refractivity contribution in [3.8, 4) is 0 Å². The molecule has 0 aliphatic heterocycles. The summed E-state index contributed by atoms with van der Waals surface area (Å²) in [5.41, 5.74) is 7.05. The molecule has 0 aromatic heterocycles. The third kappa shape index (κ3) is 6.17. The number of hydrogen-bond donors (Lipinski definition) is 3. The van der Waals surface area contributed by atoms with Crippen molar-refractivity contribution >= 4 is 11.7 Å². The molecule has 0 radical (unpaired) electrons. The van der Waals surface area contributed by atoms with E-state index in [2.05, 4.69) is 38.3 Å². The first kappa shape index (κ1) is 17.5. The molecule has 4 N–H and O–H groups in total. The maximum atomic E-state index is 10.8. The van der Waals surface area contributed by atoms with Crippen molar-refractivity contribution in [2.75, 3.05) is 5.32 Å². The Morgan fingerprint density at radius 1 is 1.14 bits per heavy atom. The molecule has 21 heavy (non-hydrogen) atoms. The number of primary amides is 1. The van der Waals surface area contributed by atoms with Gasteiger partial charge in [0.2, 0.25) is 0 Å². The summed E-state index contributed by atoms with van der Waals surface area (Å²) in [5.74, 6) is 0.747. The Hall–Kier alpha value is -1.55. The molecule has 0 fully saturated rings. The Bertz CT molecular complexity index is 430. The van der Waals surface area contributed by atoms with Gasteiger partial charge in [0.25, 0.3) is 0 Å². The van der Waals surface area contributed by atoms with Crippen LogP contribution in [0.5, 0.6) is 0 Å². The van der Waals surface area contributed by atoms with Gasteiger partial charge in [-0.25, -0.2) is 4.79 Å². The number of anilines is 1. The summed E-state index contributed by atoms with van der Waals surface area (Å²) < 4.78 is 0. The predicted octanol–water partition coefficient (Wildman–Crippen LogP) is 4.04. The van der Waals surface area contributed by atoms with Crippen molar-refractivity contribution in [1.29, 1.82) is 0 Å². The first-order valence-corrected chi connectivity index (χ1v) is 7.88. The molecule has 3 atom stereocenters. The average Bonchev–Trinajstić information content (AvgIpc) is 2.46. The Labute approximate surface area is 128 Å². The molecule has 1 rings (SSSR count). The third-order valence-electron chi connectivity index (χ3n) is 4.04. The van der Waals surface area contributed by atoms with Crippen LogP contribution in [0.2, 0.25) is 0 Å². The number of nitrogens with one attached hydrogen (secondary N) is 2. The molecule has 4 heteroatoms. The van der Waals surface area contributed by atoms with E-state index in [9.17, 15) is 4.79 Å². The fourth-order valence-electron chi connectivity index (χ4n) is 2.45. The van der Waals surface area contributed by atoms with Gasteiger partial charge in [-0.3, -0.25) is 0 Å². The summed E-state index contributed by atoms with van der Waals surface area (Å²) in [5, 5.41) is 6.27.